The number of hydrogen-bond acceptors (Lipinski definition) is 6. The molecule has 1 aromatic rings. The summed E-state index contributed by atoms with van der Waals surface area (Å²) >= 11 is 0. The van der Waals surface area contributed by atoms with Crippen molar-refractivity contribution in [1.29, 1.82) is 0 Å². The maximum Gasteiger partial charge on any atom is 0.306 e. The molecule has 0 unspecified atom stereocenters. The number of aromatic nitrogens is 2. The highest BCUT2D eigenvalue weighted by Crippen LogP contribution is 2.23. The average molecular weight is 274 g/mol. The summed E-state index contributed by atoms with van der Waals surface area (Å²) in [6, 6.07) is 0. The van der Waals surface area contributed by atoms with Gasteiger partial charge in [0.2, 0.25) is 0 Å². The van der Waals surface area contributed by atoms with Crippen LogP contribution in [0.15, 0.2) is 12.4 Å². The summed E-state index contributed by atoms with van der Waals surface area (Å²) in [4.78, 5) is 12.5. The molecule has 6 nitrogen and oxygen atoms in total. The average Bonchev–Trinajstić information content (AvgIpc) is 2.63. The smallest absolute Gasteiger partial charge is 0.300 e. The Kier molecular flexibility index (Phi) is 4.69. The van der Waals surface area contributed by atoms with E-state index >= 15 is 0 Å². The summed E-state index contributed by atoms with van der Waals surface area (Å²) < 4.78 is 1.64. The Balaban J connectivity index is 1.81. The predicted molar refractivity (Wildman–Crippen MR) is 70.2 cm³/mol. The van der Waals surface area contributed by atoms with Crippen molar-refractivity contribution in [1.82, 2.24) is 14.7 Å². The van der Waals surface area contributed by atoms with Crippen LogP contribution >= 0.6 is 21.6 Å². The molecule has 0 amide bonds. The monoisotopic (exact) mass is 274 g/mol. The molecule has 0 aromatic carbocycles. The van der Waals surface area contributed by atoms with Crippen LogP contribution in [0.3, 0.4) is 0 Å². The van der Waals surface area contributed by atoms with E-state index in [0.29, 0.717) is 6.54 Å². The number of rotatable bonds is 4. The Morgan fingerprint density at radius 1 is 1.35 bits per heavy atom. The predicted octanol–water partition coefficient (Wildman–Crippen LogP) is 1.49. The van der Waals surface area contributed by atoms with Gasteiger partial charge in [-0.15, -0.1) is 0 Å². The fourth-order valence-corrected chi connectivity index (χ4v) is 3.65. The first-order chi connectivity index (χ1) is 8.25. The molecule has 17 heavy (non-hydrogen) atoms. The van der Waals surface area contributed by atoms with E-state index in [2.05, 4.69) is 10.00 Å². The third kappa shape index (κ3) is 3.90. The Hall–Kier alpha value is -0.730. The molecule has 0 radical (unpaired) electrons. The van der Waals surface area contributed by atoms with Gasteiger partial charge in [-0.2, -0.15) is 5.10 Å². The van der Waals surface area contributed by atoms with Gasteiger partial charge in [0, 0.05) is 31.1 Å². The highest BCUT2D eigenvalue weighted by molar-refractivity contribution is 8.76. The number of nitrogens with zero attached hydrogens (tertiary/aromatic N) is 4. The van der Waals surface area contributed by atoms with Crippen LogP contribution in [0.1, 0.15) is 0 Å². The molecule has 1 aliphatic heterocycles. The maximum atomic E-state index is 10.5. The molecule has 0 bridgehead atoms. The molecule has 0 aliphatic carbocycles. The first kappa shape index (κ1) is 12.7. The fraction of sp³-hybridized carbons (Fsp3) is 0.667. The van der Waals surface area contributed by atoms with Gasteiger partial charge in [-0.3, -0.25) is 19.7 Å². The number of hydrogen-bond donors (Lipinski definition) is 0. The van der Waals surface area contributed by atoms with Gasteiger partial charge in [0.1, 0.15) is 12.4 Å². The van der Waals surface area contributed by atoms with Crippen molar-refractivity contribution in [3.05, 3.63) is 22.5 Å². The highest BCUT2D eigenvalue weighted by atomic mass is 33.1. The zero-order valence-electron chi connectivity index (χ0n) is 9.32. The molecule has 0 N–H and O–H groups in total. The Bertz CT molecular complexity index is 377. The van der Waals surface area contributed by atoms with Crippen LogP contribution in [0.5, 0.6) is 0 Å². The third-order valence-corrected chi connectivity index (χ3v) is 4.91. The summed E-state index contributed by atoms with van der Waals surface area (Å²) in [6.07, 6.45) is 2.79. The summed E-state index contributed by atoms with van der Waals surface area (Å²) in [7, 11) is 3.82. The van der Waals surface area contributed by atoms with Gasteiger partial charge >= 0.3 is 5.69 Å². The molecule has 1 aromatic heterocycles. The zero-order chi connectivity index (χ0) is 12.1. The quantitative estimate of drug-likeness (QED) is 0.471. The normalized spacial score (nSPS) is 17.9. The molecule has 1 fully saturated rings. The van der Waals surface area contributed by atoms with Crippen molar-refractivity contribution in [3.8, 4) is 0 Å². The van der Waals surface area contributed by atoms with E-state index in [9.17, 15) is 10.1 Å². The molecule has 2 heterocycles. The van der Waals surface area contributed by atoms with Crippen molar-refractivity contribution in [3.63, 3.8) is 0 Å². The van der Waals surface area contributed by atoms with Crippen LogP contribution in [-0.2, 0) is 6.54 Å². The van der Waals surface area contributed by atoms with Crippen LogP contribution in [0.25, 0.3) is 0 Å². The third-order valence-electron chi connectivity index (χ3n) is 2.54. The lowest BCUT2D eigenvalue weighted by atomic mass is 10.4. The van der Waals surface area contributed by atoms with Gasteiger partial charge in [0.15, 0.2) is 0 Å². The molecule has 0 atom stereocenters. The van der Waals surface area contributed by atoms with Gasteiger partial charge in [-0.25, -0.2) is 0 Å². The van der Waals surface area contributed by atoms with Gasteiger partial charge in [0.25, 0.3) is 0 Å². The standard InChI is InChI=1S/C9H14N4O2S2/c14-13(15)9-7-10-12(8-9)2-1-11-3-5-16-17-6-4-11/h7-8H,1-6H2. The van der Waals surface area contributed by atoms with E-state index < -0.39 is 4.92 Å². The van der Waals surface area contributed by atoms with Gasteiger partial charge in [-0.1, -0.05) is 21.6 Å². The Morgan fingerprint density at radius 2 is 2.06 bits per heavy atom. The minimum absolute atomic E-state index is 0.0620. The molecule has 1 saturated heterocycles. The fourth-order valence-electron chi connectivity index (χ4n) is 1.60. The van der Waals surface area contributed by atoms with Crippen molar-refractivity contribution in [2.45, 2.75) is 6.54 Å². The second kappa shape index (κ2) is 6.27. The van der Waals surface area contributed by atoms with Crippen LogP contribution < -0.4 is 0 Å². The van der Waals surface area contributed by atoms with E-state index in [4.69, 9.17) is 0 Å². The van der Waals surface area contributed by atoms with E-state index in [1.165, 1.54) is 12.4 Å². The molecule has 8 heteroatoms. The topological polar surface area (TPSA) is 64.2 Å². The lowest BCUT2D eigenvalue weighted by Gasteiger charge is -2.18. The van der Waals surface area contributed by atoms with Crippen molar-refractivity contribution < 1.29 is 4.92 Å². The maximum absolute atomic E-state index is 10.5. The highest BCUT2D eigenvalue weighted by Gasteiger charge is 2.11. The van der Waals surface area contributed by atoms with E-state index in [1.54, 1.807) is 4.68 Å². The van der Waals surface area contributed by atoms with E-state index in [0.717, 1.165) is 31.1 Å². The van der Waals surface area contributed by atoms with E-state index in [-0.39, 0.29) is 5.69 Å². The van der Waals surface area contributed by atoms with Crippen LogP contribution in [0, 0.1) is 10.1 Å². The van der Waals surface area contributed by atoms with Crippen molar-refractivity contribution in [2.24, 2.45) is 0 Å². The van der Waals surface area contributed by atoms with Gasteiger partial charge in [0.05, 0.1) is 11.5 Å². The zero-order valence-corrected chi connectivity index (χ0v) is 11.0. The Morgan fingerprint density at radius 3 is 2.65 bits per heavy atom. The summed E-state index contributed by atoms with van der Waals surface area (Å²) in [5.74, 6) is 2.29. The van der Waals surface area contributed by atoms with Crippen LogP contribution in [0.2, 0.25) is 0 Å². The minimum atomic E-state index is -0.414. The lowest BCUT2D eigenvalue weighted by Crippen LogP contribution is -2.30. The van der Waals surface area contributed by atoms with Crippen molar-refractivity contribution >= 4 is 27.3 Å². The van der Waals surface area contributed by atoms with Crippen LogP contribution in [-0.4, -0.2) is 50.7 Å². The molecule has 0 spiro atoms. The van der Waals surface area contributed by atoms with Crippen molar-refractivity contribution in [2.75, 3.05) is 31.1 Å². The molecule has 94 valence electrons. The van der Waals surface area contributed by atoms with Crippen LogP contribution in [0.4, 0.5) is 5.69 Å². The molecular weight excluding hydrogens is 260 g/mol. The summed E-state index contributed by atoms with van der Waals surface area (Å²) in [5, 5.41) is 14.5. The SMILES string of the molecule is O=[N+]([O-])c1cnn(CCN2CCSSCC2)c1. The Labute approximate surface area is 107 Å². The second-order valence-electron chi connectivity index (χ2n) is 3.70. The largest absolute Gasteiger partial charge is 0.306 e. The van der Waals surface area contributed by atoms with Gasteiger partial charge in [-0.05, 0) is 0 Å². The molecule has 1 aliphatic rings. The first-order valence-electron chi connectivity index (χ1n) is 5.39. The number of nitro groups is 1. The van der Waals surface area contributed by atoms with Gasteiger partial charge < -0.3 is 0 Å². The summed E-state index contributed by atoms with van der Waals surface area (Å²) in [5.41, 5.74) is 0.0620. The molecular formula is C9H14N4O2S2. The first-order valence-corrected chi connectivity index (χ1v) is 7.88. The van der Waals surface area contributed by atoms with E-state index in [1.807, 2.05) is 21.6 Å². The lowest BCUT2D eigenvalue weighted by molar-refractivity contribution is -0.385. The molecule has 2 rings (SSSR count). The second-order valence-corrected chi connectivity index (χ2v) is 6.41. The molecule has 0 saturated carbocycles. The minimum Gasteiger partial charge on any atom is -0.300 e. The summed E-state index contributed by atoms with van der Waals surface area (Å²) in [6.45, 7) is 3.78.